The third-order valence-corrected chi connectivity index (χ3v) is 2.45. The van der Waals surface area contributed by atoms with Gasteiger partial charge in [0, 0.05) is 23.3 Å². The van der Waals surface area contributed by atoms with Crippen molar-refractivity contribution in [2.75, 3.05) is 11.9 Å². The predicted octanol–water partition coefficient (Wildman–Crippen LogP) is 3.80. The summed E-state index contributed by atoms with van der Waals surface area (Å²) in [6.45, 7) is 1.50. The number of carbonyl (C=O) groups is 1. The van der Waals surface area contributed by atoms with Gasteiger partial charge in [-0.3, -0.25) is 0 Å². The second-order valence-electron chi connectivity index (χ2n) is 3.87. The number of hydrogen-bond acceptors (Lipinski definition) is 2. The molecule has 0 bridgehead atoms. The number of rotatable bonds is 4. The van der Waals surface area contributed by atoms with E-state index < -0.39 is 17.7 Å². The highest BCUT2D eigenvalue weighted by Gasteiger charge is 2.33. The van der Waals surface area contributed by atoms with Crippen LogP contribution in [-0.2, 0) is 11.0 Å². The molecular weight excluding hydrogens is 283 g/mol. The van der Waals surface area contributed by atoms with E-state index in [9.17, 15) is 18.0 Å². The molecule has 19 heavy (non-hydrogen) atoms. The predicted molar refractivity (Wildman–Crippen MR) is 66.3 cm³/mol. The number of halogens is 4. The zero-order valence-corrected chi connectivity index (χ0v) is 10.6. The summed E-state index contributed by atoms with van der Waals surface area (Å²) in [6, 6.07) is 3.36. The highest BCUT2D eigenvalue weighted by molar-refractivity contribution is 6.30. The molecule has 7 heteroatoms. The Morgan fingerprint density at radius 1 is 1.47 bits per heavy atom. The van der Waals surface area contributed by atoms with Gasteiger partial charge in [0.2, 0.25) is 0 Å². The largest absolute Gasteiger partial charge is 0.478 e. The van der Waals surface area contributed by atoms with E-state index in [-0.39, 0.29) is 17.3 Å². The van der Waals surface area contributed by atoms with Crippen molar-refractivity contribution in [1.82, 2.24) is 0 Å². The first-order valence-electron chi connectivity index (χ1n) is 5.21. The number of aliphatic carboxylic acids is 1. The normalized spacial score (nSPS) is 12.4. The fourth-order valence-electron chi connectivity index (χ4n) is 1.40. The second kappa shape index (κ2) is 5.97. The Balaban J connectivity index is 2.93. The summed E-state index contributed by atoms with van der Waals surface area (Å²) in [4.78, 5) is 10.4. The SMILES string of the molecule is C/C(=C/C(=O)O)CNc1ccc(Cl)cc1C(F)(F)F. The van der Waals surface area contributed by atoms with Gasteiger partial charge in [-0.1, -0.05) is 11.6 Å². The van der Waals surface area contributed by atoms with Gasteiger partial charge in [0.05, 0.1) is 5.56 Å². The number of nitrogens with one attached hydrogen (secondary N) is 1. The molecule has 2 N–H and O–H groups in total. The number of hydrogen-bond donors (Lipinski definition) is 2. The van der Waals surface area contributed by atoms with Gasteiger partial charge in [-0.25, -0.2) is 4.79 Å². The highest BCUT2D eigenvalue weighted by atomic mass is 35.5. The first-order chi connectivity index (χ1) is 8.70. The van der Waals surface area contributed by atoms with Gasteiger partial charge in [-0.2, -0.15) is 13.2 Å². The summed E-state index contributed by atoms with van der Waals surface area (Å²) in [5.74, 6) is -1.15. The Hall–Kier alpha value is -1.69. The van der Waals surface area contributed by atoms with Gasteiger partial charge in [-0.15, -0.1) is 0 Å². The molecule has 0 saturated carbocycles. The molecule has 1 aromatic rings. The lowest BCUT2D eigenvalue weighted by molar-refractivity contribution is -0.137. The first-order valence-corrected chi connectivity index (χ1v) is 5.58. The third-order valence-electron chi connectivity index (χ3n) is 2.21. The number of carboxylic acids is 1. The molecule has 1 rings (SSSR count). The zero-order chi connectivity index (χ0) is 14.6. The fraction of sp³-hybridized carbons (Fsp3) is 0.250. The van der Waals surface area contributed by atoms with Gasteiger partial charge in [0.15, 0.2) is 0 Å². The number of anilines is 1. The van der Waals surface area contributed by atoms with Crippen molar-refractivity contribution in [3.63, 3.8) is 0 Å². The minimum Gasteiger partial charge on any atom is -0.478 e. The molecule has 0 aliphatic rings. The number of carboxylic acid groups (broad SMARTS) is 1. The summed E-state index contributed by atoms with van der Waals surface area (Å²) < 4.78 is 38.3. The van der Waals surface area contributed by atoms with E-state index >= 15 is 0 Å². The second-order valence-corrected chi connectivity index (χ2v) is 4.31. The van der Waals surface area contributed by atoms with E-state index in [1.807, 2.05) is 0 Å². The van der Waals surface area contributed by atoms with Crippen LogP contribution in [0.5, 0.6) is 0 Å². The molecule has 0 atom stereocenters. The molecule has 1 aromatic carbocycles. The molecule has 0 aromatic heterocycles. The van der Waals surface area contributed by atoms with Crippen molar-refractivity contribution in [2.45, 2.75) is 13.1 Å². The molecule has 3 nitrogen and oxygen atoms in total. The van der Waals surface area contributed by atoms with Crippen molar-refractivity contribution in [1.29, 1.82) is 0 Å². The van der Waals surface area contributed by atoms with E-state index in [1.54, 1.807) is 0 Å². The van der Waals surface area contributed by atoms with E-state index in [0.29, 0.717) is 5.57 Å². The standard InChI is InChI=1S/C12H11ClF3NO2/c1-7(4-11(18)19)6-17-10-3-2-8(13)5-9(10)12(14,15)16/h2-5,17H,6H2,1H3,(H,18,19)/b7-4-. The highest BCUT2D eigenvalue weighted by Crippen LogP contribution is 2.36. The molecule has 0 spiro atoms. The monoisotopic (exact) mass is 293 g/mol. The molecule has 0 amide bonds. The van der Waals surface area contributed by atoms with Crippen molar-refractivity contribution in [3.05, 3.63) is 40.4 Å². The minimum atomic E-state index is -4.53. The van der Waals surface area contributed by atoms with E-state index in [4.69, 9.17) is 16.7 Å². The summed E-state index contributed by atoms with van der Waals surface area (Å²) in [5, 5.41) is 11.0. The van der Waals surface area contributed by atoms with Gasteiger partial charge in [0.25, 0.3) is 0 Å². The number of benzene rings is 1. The molecule has 0 fully saturated rings. The van der Waals surface area contributed by atoms with Crippen LogP contribution < -0.4 is 5.32 Å². The quantitative estimate of drug-likeness (QED) is 0.830. The van der Waals surface area contributed by atoms with E-state index in [2.05, 4.69) is 5.32 Å². The lowest BCUT2D eigenvalue weighted by atomic mass is 10.1. The average Bonchev–Trinajstić information content (AvgIpc) is 2.25. The number of alkyl halides is 3. The van der Waals surface area contributed by atoms with Gasteiger partial charge < -0.3 is 10.4 Å². The molecule has 0 aliphatic carbocycles. The maximum absolute atomic E-state index is 12.8. The van der Waals surface area contributed by atoms with Crippen molar-refractivity contribution < 1.29 is 23.1 Å². The van der Waals surface area contributed by atoms with Gasteiger partial charge in [-0.05, 0) is 30.7 Å². The zero-order valence-electron chi connectivity index (χ0n) is 9.88. The molecule has 0 heterocycles. The molecule has 0 saturated heterocycles. The Labute approximate surface area is 112 Å². The molecule has 0 radical (unpaired) electrons. The first kappa shape index (κ1) is 15.4. The van der Waals surface area contributed by atoms with Crippen LogP contribution in [-0.4, -0.2) is 17.6 Å². The van der Waals surface area contributed by atoms with E-state index in [1.165, 1.54) is 19.1 Å². The summed E-state index contributed by atoms with van der Waals surface area (Å²) in [7, 11) is 0. The van der Waals surface area contributed by atoms with Crippen LogP contribution in [0.4, 0.5) is 18.9 Å². The Morgan fingerprint density at radius 3 is 2.63 bits per heavy atom. The van der Waals surface area contributed by atoms with Crippen LogP contribution in [0.3, 0.4) is 0 Å². The van der Waals surface area contributed by atoms with Crippen molar-refractivity contribution >= 4 is 23.3 Å². The molecular formula is C12H11ClF3NO2. The van der Waals surface area contributed by atoms with Crippen LogP contribution >= 0.6 is 11.6 Å². The van der Waals surface area contributed by atoms with Gasteiger partial charge in [0.1, 0.15) is 0 Å². The Bertz CT molecular complexity index is 512. The summed E-state index contributed by atoms with van der Waals surface area (Å²) in [5.41, 5.74) is -0.631. The smallest absolute Gasteiger partial charge is 0.418 e. The van der Waals surface area contributed by atoms with Gasteiger partial charge >= 0.3 is 12.1 Å². The Kier molecular flexibility index (Phi) is 4.83. The maximum atomic E-state index is 12.8. The molecule has 104 valence electrons. The fourth-order valence-corrected chi connectivity index (χ4v) is 1.57. The topological polar surface area (TPSA) is 49.3 Å². The van der Waals surface area contributed by atoms with Crippen LogP contribution in [0.25, 0.3) is 0 Å². The van der Waals surface area contributed by atoms with Crippen LogP contribution in [0.15, 0.2) is 29.8 Å². The Morgan fingerprint density at radius 2 is 2.11 bits per heavy atom. The third kappa shape index (κ3) is 4.82. The summed E-state index contributed by atoms with van der Waals surface area (Å²) >= 11 is 5.54. The summed E-state index contributed by atoms with van der Waals surface area (Å²) in [6.07, 6.45) is -3.60. The van der Waals surface area contributed by atoms with Crippen molar-refractivity contribution in [2.24, 2.45) is 0 Å². The van der Waals surface area contributed by atoms with Crippen LogP contribution in [0.2, 0.25) is 5.02 Å². The minimum absolute atomic E-state index is 0.00296. The van der Waals surface area contributed by atoms with Crippen LogP contribution in [0, 0.1) is 0 Å². The van der Waals surface area contributed by atoms with Crippen LogP contribution in [0.1, 0.15) is 12.5 Å². The average molecular weight is 294 g/mol. The molecule has 0 unspecified atom stereocenters. The van der Waals surface area contributed by atoms with E-state index in [0.717, 1.165) is 12.1 Å². The molecule has 0 aliphatic heterocycles. The lowest BCUT2D eigenvalue weighted by Crippen LogP contribution is -2.12. The maximum Gasteiger partial charge on any atom is 0.418 e. The van der Waals surface area contributed by atoms with Crippen molar-refractivity contribution in [3.8, 4) is 0 Å². The lowest BCUT2D eigenvalue weighted by Gasteiger charge is -2.15.